The molecule has 0 spiro atoms. The van der Waals surface area contributed by atoms with E-state index in [-0.39, 0.29) is 23.5 Å². The number of hydrogen-bond donors (Lipinski definition) is 3. The van der Waals surface area contributed by atoms with E-state index < -0.39 is 0 Å². The van der Waals surface area contributed by atoms with Crippen LogP contribution in [0.4, 0.5) is 0 Å². The van der Waals surface area contributed by atoms with Crippen LogP contribution in [-0.2, 0) is 4.79 Å². The van der Waals surface area contributed by atoms with Gasteiger partial charge in [-0.2, -0.15) is 0 Å². The summed E-state index contributed by atoms with van der Waals surface area (Å²) in [7, 11) is 0. The zero-order valence-corrected chi connectivity index (χ0v) is 10.0. The van der Waals surface area contributed by atoms with Gasteiger partial charge in [0.05, 0.1) is 17.6 Å². The second kappa shape index (κ2) is 4.34. The summed E-state index contributed by atoms with van der Waals surface area (Å²) < 4.78 is 0. The van der Waals surface area contributed by atoms with Gasteiger partial charge in [0.25, 0.3) is 0 Å². The Hall–Kier alpha value is -0.610. The van der Waals surface area contributed by atoms with Gasteiger partial charge in [-0.15, -0.1) is 0 Å². The molecule has 1 saturated carbocycles. The lowest BCUT2D eigenvalue weighted by Gasteiger charge is -2.44. The topological polar surface area (TPSA) is 61.4 Å². The van der Waals surface area contributed by atoms with Gasteiger partial charge in [0.1, 0.15) is 0 Å². The zero-order valence-electron chi connectivity index (χ0n) is 10.0. The van der Waals surface area contributed by atoms with Gasteiger partial charge in [0.2, 0.25) is 5.91 Å². The molecular weight excluding hydrogens is 204 g/mol. The Morgan fingerprint density at radius 2 is 2.12 bits per heavy atom. The van der Waals surface area contributed by atoms with Crippen LogP contribution in [0.1, 0.15) is 39.0 Å². The van der Waals surface area contributed by atoms with E-state index in [1.165, 1.54) is 0 Å². The minimum absolute atomic E-state index is 0.0717. The second-order valence-corrected chi connectivity index (χ2v) is 5.59. The third-order valence-corrected chi connectivity index (χ3v) is 4.14. The van der Waals surface area contributed by atoms with Crippen LogP contribution in [0.15, 0.2) is 0 Å². The second-order valence-electron chi connectivity index (χ2n) is 5.59. The van der Waals surface area contributed by atoms with Crippen LogP contribution in [0.5, 0.6) is 0 Å². The fourth-order valence-electron chi connectivity index (χ4n) is 2.57. The molecule has 1 aliphatic carbocycles. The maximum Gasteiger partial charge on any atom is 0.227 e. The number of aliphatic hydroxyl groups excluding tert-OH is 1. The fraction of sp³-hybridized carbons (Fsp3) is 0.917. The van der Waals surface area contributed by atoms with E-state index >= 15 is 0 Å². The highest BCUT2D eigenvalue weighted by atomic mass is 16.3. The van der Waals surface area contributed by atoms with Crippen molar-refractivity contribution in [2.24, 2.45) is 5.41 Å². The predicted octanol–water partition coefficient (Wildman–Crippen LogP) is 0.407. The van der Waals surface area contributed by atoms with Crippen LogP contribution < -0.4 is 10.6 Å². The molecule has 1 atom stereocenters. The van der Waals surface area contributed by atoms with Crippen molar-refractivity contribution in [2.75, 3.05) is 19.7 Å². The number of carbonyl (C=O) groups excluding carboxylic acids is 1. The molecule has 0 aromatic rings. The number of hydrogen-bond acceptors (Lipinski definition) is 3. The van der Waals surface area contributed by atoms with E-state index in [0.717, 1.165) is 45.2 Å². The normalized spacial score (nSPS) is 32.9. The first-order valence-electron chi connectivity index (χ1n) is 6.25. The molecule has 1 unspecified atom stereocenters. The van der Waals surface area contributed by atoms with Gasteiger partial charge in [-0.3, -0.25) is 4.79 Å². The lowest BCUT2D eigenvalue weighted by atomic mass is 9.75. The summed E-state index contributed by atoms with van der Waals surface area (Å²) in [5, 5.41) is 15.7. The first-order chi connectivity index (χ1) is 7.60. The van der Waals surface area contributed by atoms with Crippen molar-refractivity contribution in [1.29, 1.82) is 0 Å². The zero-order chi connectivity index (χ0) is 11.6. The molecule has 0 bridgehead atoms. The minimum atomic E-state index is -0.308. The molecule has 3 N–H and O–H groups in total. The molecule has 0 aromatic heterocycles. The molecule has 0 radical (unpaired) electrons. The Kier molecular flexibility index (Phi) is 3.22. The monoisotopic (exact) mass is 226 g/mol. The van der Waals surface area contributed by atoms with Crippen LogP contribution >= 0.6 is 0 Å². The Balaban J connectivity index is 1.96. The van der Waals surface area contributed by atoms with Crippen LogP contribution in [0.2, 0.25) is 0 Å². The van der Waals surface area contributed by atoms with E-state index in [1.807, 2.05) is 6.92 Å². The molecule has 0 aromatic carbocycles. The highest BCUT2D eigenvalue weighted by molar-refractivity contribution is 5.83. The Labute approximate surface area is 96.8 Å². The lowest BCUT2D eigenvalue weighted by Crippen LogP contribution is -2.61. The van der Waals surface area contributed by atoms with E-state index in [4.69, 9.17) is 0 Å². The summed E-state index contributed by atoms with van der Waals surface area (Å²) in [4.78, 5) is 12.2. The first-order valence-corrected chi connectivity index (χ1v) is 6.25. The van der Waals surface area contributed by atoms with Gasteiger partial charge in [-0.05, 0) is 45.6 Å². The predicted molar refractivity (Wildman–Crippen MR) is 62.0 cm³/mol. The summed E-state index contributed by atoms with van der Waals surface area (Å²) in [6, 6.07) is 0. The summed E-state index contributed by atoms with van der Waals surface area (Å²) in [5.74, 6) is 0.105. The molecule has 2 aliphatic rings. The largest absolute Gasteiger partial charge is 0.394 e. The Morgan fingerprint density at radius 3 is 2.56 bits per heavy atom. The molecule has 4 heteroatoms. The maximum atomic E-state index is 12.2. The van der Waals surface area contributed by atoms with E-state index in [0.29, 0.717) is 0 Å². The van der Waals surface area contributed by atoms with Crippen molar-refractivity contribution in [3.63, 3.8) is 0 Å². The molecule has 1 heterocycles. The van der Waals surface area contributed by atoms with Crippen LogP contribution in [-0.4, -0.2) is 36.2 Å². The number of rotatable bonds is 3. The summed E-state index contributed by atoms with van der Waals surface area (Å²) >= 11 is 0. The smallest absolute Gasteiger partial charge is 0.227 e. The summed E-state index contributed by atoms with van der Waals surface area (Å²) in [6.45, 7) is 3.84. The number of nitrogens with one attached hydrogen (secondary N) is 2. The van der Waals surface area contributed by atoms with Gasteiger partial charge >= 0.3 is 0 Å². The lowest BCUT2D eigenvalue weighted by molar-refractivity contribution is -0.135. The molecule has 2 rings (SSSR count). The average Bonchev–Trinajstić information content (AvgIpc) is 2.24. The molecular formula is C12H22N2O2. The third-order valence-electron chi connectivity index (χ3n) is 4.14. The maximum absolute atomic E-state index is 12.2. The Morgan fingerprint density at radius 1 is 1.38 bits per heavy atom. The van der Waals surface area contributed by atoms with Crippen LogP contribution in [0, 0.1) is 5.41 Å². The van der Waals surface area contributed by atoms with Gasteiger partial charge in [-0.1, -0.05) is 0 Å². The molecule has 16 heavy (non-hydrogen) atoms. The standard InChI is InChI=1S/C12H22N2O2/c1-11(4-3-7-13-8-11)10(16)14-12(9-15)5-2-6-12/h13,15H,2-9H2,1H3,(H,14,16). The SMILES string of the molecule is CC1(C(=O)NC2(CO)CCC2)CCCNC1. The van der Waals surface area contributed by atoms with Crippen molar-refractivity contribution < 1.29 is 9.90 Å². The minimum Gasteiger partial charge on any atom is -0.394 e. The molecule has 2 fully saturated rings. The number of carbonyl (C=O) groups is 1. The summed E-state index contributed by atoms with van der Waals surface area (Å²) in [6.07, 6.45) is 4.93. The van der Waals surface area contributed by atoms with Gasteiger partial charge in [0.15, 0.2) is 0 Å². The third kappa shape index (κ3) is 2.09. The van der Waals surface area contributed by atoms with E-state index in [9.17, 15) is 9.90 Å². The molecule has 1 aliphatic heterocycles. The Bertz CT molecular complexity index is 263. The van der Waals surface area contributed by atoms with Crippen molar-refractivity contribution >= 4 is 5.91 Å². The fourth-order valence-corrected chi connectivity index (χ4v) is 2.57. The molecule has 1 saturated heterocycles. The van der Waals surface area contributed by atoms with Crippen molar-refractivity contribution in [1.82, 2.24) is 10.6 Å². The number of aliphatic hydroxyl groups is 1. The van der Waals surface area contributed by atoms with Gasteiger partial charge < -0.3 is 15.7 Å². The number of piperidine rings is 1. The molecule has 4 nitrogen and oxygen atoms in total. The molecule has 1 amide bonds. The van der Waals surface area contributed by atoms with Crippen molar-refractivity contribution in [3.05, 3.63) is 0 Å². The number of amides is 1. The molecule has 92 valence electrons. The van der Waals surface area contributed by atoms with Gasteiger partial charge in [-0.25, -0.2) is 0 Å². The van der Waals surface area contributed by atoms with Crippen molar-refractivity contribution in [3.8, 4) is 0 Å². The summed E-state index contributed by atoms with van der Waals surface area (Å²) in [5.41, 5.74) is -0.604. The van der Waals surface area contributed by atoms with Crippen LogP contribution in [0.3, 0.4) is 0 Å². The van der Waals surface area contributed by atoms with Crippen molar-refractivity contribution in [2.45, 2.75) is 44.6 Å². The highest BCUT2D eigenvalue weighted by Crippen LogP contribution is 2.34. The first kappa shape index (κ1) is 11.9. The average molecular weight is 226 g/mol. The highest BCUT2D eigenvalue weighted by Gasteiger charge is 2.42. The van der Waals surface area contributed by atoms with E-state index in [1.54, 1.807) is 0 Å². The van der Waals surface area contributed by atoms with E-state index in [2.05, 4.69) is 10.6 Å². The van der Waals surface area contributed by atoms with Gasteiger partial charge in [0, 0.05) is 6.54 Å². The quantitative estimate of drug-likeness (QED) is 0.653. The van der Waals surface area contributed by atoms with Crippen LogP contribution in [0.25, 0.3) is 0 Å².